The van der Waals surface area contributed by atoms with Crippen molar-refractivity contribution < 1.29 is 4.79 Å². The fraction of sp³-hybridized carbons (Fsp3) is 0.588. The van der Waals surface area contributed by atoms with Crippen molar-refractivity contribution in [3.63, 3.8) is 0 Å². The molecule has 0 unspecified atom stereocenters. The highest BCUT2D eigenvalue weighted by Crippen LogP contribution is 2.12. The predicted molar refractivity (Wildman–Crippen MR) is 91.0 cm³/mol. The SMILES string of the molecule is CC(C)CNC(=O)CN1CCN(Cc2ccc(Cl)cc2)CC1. The third-order valence-corrected chi connectivity index (χ3v) is 4.11. The molecule has 1 aliphatic heterocycles. The van der Waals surface area contributed by atoms with E-state index in [9.17, 15) is 4.79 Å². The van der Waals surface area contributed by atoms with Gasteiger partial charge in [0, 0.05) is 44.3 Å². The van der Waals surface area contributed by atoms with Crippen molar-refractivity contribution in [2.24, 2.45) is 5.92 Å². The molecule has 0 atom stereocenters. The molecule has 5 heteroatoms. The lowest BCUT2D eigenvalue weighted by Crippen LogP contribution is -2.49. The first kappa shape index (κ1) is 17.3. The van der Waals surface area contributed by atoms with Gasteiger partial charge in [0.2, 0.25) is 5.91 Å². The molecule has 0 spiro atoms. The van der Waals surface area contributed by atoms with Crippen LogP contribution in [0.5, 0.6) is 0 Å². The first-order chi connectivity index (χ1) is 10.5. The number of amides is 1. The van der Waals surface area contributed by atoms with Gasteiger partial charge < -0.3 is 5.32 Å². The molecule has 1 aromatic rings. The molecule has 0 bridgehead atoms. The van der Waals surface area contributed by atoms with Crippen LogP contribution in [0.15, 0.2) is 24.3 Å². The average molecular weight is 324 g/mol. The van der Waals surface area contributed by atoms with Gasteiger partial charge in [-0.1, -0.05) is 37.6 Å². The second-order valence-corrected chi connectivity index (χ2v) is 6.81. The molecule has 1 aromatic carbocycles. The first-order valence-corrected chi connectivity index (χ1v) is 8.36. The Morgan fingerprint density at radius 2 is 1.73 bits per heavy atom. The number of carbonyl (C=O) groups is 1. The van der Waals surface area contributed by atoms with Crippen LogP contribution in [0, 0.1) is 5.92 Å². The molecule has 122 valence electrons. The lowest BCUT2D eigenvalue weighted by molar-refractivity contribution is -0.122. The van der Waals surface area contributed by atoms with Gasteiger partial charge in [0.05, 0.1) is 6.54 Å². The van der Waals surface area contributed by atoms with Crippen molar-refractivity contribution >= 4 is 17.5 Å². The molecule has 22 heavy (non-hydrogen) atoms. The van der Waals surface area contributed by atoms with Crippen molar-refractivity contribution in [3.05, 3.63) is 34.9 Å². The van der Waals surface area contributed by atoms with Crippen LogP contribution in [0.1, 0.15) is 19.4 Å². The standard InChI is InChI=1S/C17H26ClN3O/c1-14(2)11-19-17(22)13-21-9-7-20(8-10-21)12-15-3-5-16(18)6-4-15/h3-6,14H,7-13H2,1-2H3,(H,19,22). The summed E-state index contributed by atoms with van der Waals surface area (Å²) in [7, 11) is 0. The van der Waals surface area contributed by atoms with E-state index in [0.717, 1.165) is 44.3 Å². The van der Waals surface area contributed by atoms with Crippen LogP contribution in [0.3, 0.4) is 0 Å². The number of hydrogen-bond acceptors (Lipinski definition) is 3. The number of halogens is 1. The van der Waals surface area contributed by atoms with Gasteiger partial charge in [-0.05, 0) is 23.6 Å². The van der Waals surface area contributed by atoms with Crippen LogP contribution >= 0.6 is 11.6 Å². The molecule has 4 nitrogen and oxygen atoms in total. The van der Waals surface area contributed by atoms with Gasteiger partial charge in [-0.15, -0.1) is 0 Å². The molecule has 2 rings (SSSR count). The molecular formula is C17H26ClN3O. The Morgan fingerprint density at radius 3 is 2.32 bits per heavy atom. The Balaban J connectivity index is 1.69. The second-order valence-electron chi connectivity index (χ2n) is 6.38. The van der Waals surface area contributed by atoms with E-state index in [1.165, 1.54) is 5.56 Å². The minimum Gasteiger partial charge on any atom is -0.355 e. The maximum absolute atomic E-state index is 11.8. The van der Waals surface area contributed by atoms with Crippen molar-refractivity contribution in [1.29, 1.82) is 0 Å². The van der Waals surface area contributed by atoms with E-state index in [-0.39, 0.29) is 5.91 Å². The summed E-state index contributed by atoms with van der Waals surface area (Å²) in [5.74, 6) is 0.639. The van der Waals surface area contributed by atoms with E-state index in [1.54, 1.807) is 0 Å². The highest BCUT2D eigenvalue weighted by atomic mass is 35.5. The number of hydrogen-bond donors (Lipinski definition) is 1. The van der Waals surface area contributed by atoms with Crippen LogP contribution in [-0.2, 0) is 11.3 Å². The molecule has 0 aliphatic carbocycles. The summed E-state index contributed by atoms with van der Waals surface area (Å²) < 4.78 is 0. The number of carbonyl (C=O) groups excluding carboxylic acids is 1. The van der Waals surface area contributed by atoms with Crippen LogP contribution in [0.25, 0.3) is 0 Å². The lowest BCUT2D eigenvalue weighted by atomic mass is 10.2. The van der Waals surface area contributed by atoms with E-state index in [4.69, 9.17) is 11.6 Å². The van der Waals surface area contributed by atoms with E-state index in [2.05, 4.69) is 41.1 Å². The van der Waals surface area contributed by atoms with Gasteiger partial charge in [-0.2, -0.15) is 0 Å². The molecule has 1 heterocycles. The highest BCUT2D eigenvalue weighted by Gasteiger charge is 2.18. The Bertz CT molecular complexity index is 467. The van der Waals surface area contributed by atoms with Gasteiger partial charge >= 0.3 is 0 Å². The number of piperazine rings is 1. The minimum atomic E-state index is 0.139. The van der Waals surface area contributed by atoms with E-state index in [0.29, 0.717) is 12.5 Å². The molecular weight excluding hydrogens is 298 g/mol. The maximum Gasteiger partial charge on any atom is 0.234 e. The molecule has 0 radical (unpaired) electrons. The maximum atomic E-state index is 11.8. The first-order valence-electron chi connectivity index (χ1n) is 7.99. The monoisotopic (exact) mass is 323 g/mol. The Labute approximate surface area is 138 Å². The van der Waals surface area contributed by atoms with Gasteiger partial charge in [0.15, 0.2) is 0 Å². The third-order valence-electron chi connectivity index (χ3n) is 3.86. The summed E-state index contributed by atoms with van der Waals surface area (Å²) >= 11 is 5.91. The normalized spacial score (nSPS) is 16.9. The van der Waals surface area contributed by atoms with Crippen molar-refractivity contribution in [2.75, 3.05) is 39.3 Å². The van der Waals surface area contributed by atoms with Gasteiger partial charge in [0.25, 0.3) is 0 Å². The van der Waals surface area contributed by atoms with Gasteiger partial charge in [-0.25, -0.2) is 0 Å². The molecule has 1 amide bonds. The quantitative estimate of drug-likeness (QED) is 0.872. The van der Waals surface area contributed by atoms with Gasteiger partial charge in [0.1, 0.15) is 0 Å². The largest absolute Gasteiger partial charge is 0.355 e. The Morgan fingerprint density at radius 1 is 1.14 bits per heavy atom. The minimum absolute atomic E-state index is 0.139. The van der Waals surface area contributed by atoms with E-state index < -0.39 is 0 Å². The summed E-state index contributed by atoms with van der Waals surface area (Å²) in [5.41, 5.74) is 1.28. The second kappa shape index (κ2) is 8.51. The molecule has 1 aliphatic rings. The van der Waals surface area contributed by atoms with E-state index >= 15 is 0 Å². The zero-order chi connectivity index (χ0) is 15.9. The molecule has 1 fully saturated rings. The number of benzene rings is 1. The van der Waals surface area contributed by atoms with Crippen molar-refractivity contribution in [3.8, 4) is 0 Å². The van der Waals surface area contributed by atoms with E-state index in [1.807, 2.05) is 12.1 Å². The predicted octanol–water partition coefficient (Wildman–Crippen LogP) is 2.23. The number of nitrogens with zero attached hydrogens (tertiary/aromatic N) is 2. The summed E-state index contributed by atoms with van der Waals surface area (Å²) in [5, 5.41) is 3.76. The Kier molecular flexibility index (Phi) is 6.68. The zero-order valence-corrected chi connectivity index (χ0v) is 14.3. The topological polar surface area (TPSA) is 35.6 Å². The smallest absolute Gasteiger partial charge is 0.234 e. The van der Waals surface area contributed by atoms with Crippen LogP contribution in [0.2, 0.25) is 5.02 Å². The van der Waals surface area contributed by atoms with Crippen molar-refractivity contribution in [1.82, 2.24) is 15.1 Å². The number of rotatable bonds is 6. The van der Waals surface area contributed by atoms with Crippen LogP contribution < -0.4 is 5.32 Å². The highest BCUT2D eigenvalue weighted by molar-refractivity contribution is 6.30. The fourth-order valence-electron chi connectivity index (χ4n) is 2.53. The third kappa shape index (κ3) is 5.95. The fourth-order valence-corrected chi connectivity index (χ4v) is 2.66. The van der Waals surface area contributed by atoms with Crippen LogP contribution in [-0.4, -0.2) is 55.0 Å². The molecule has 0 saturated carbocycles. The van der Waals surface area contributed by atoms with Gasteiger partial charge in [-0.3, -0.25) is 14.6 Å². The number of nitrogens with one attached hydrogen (secondary N) is 1. The zero-order valence-electron chi connectivity index (χ0n) is 13.5. The summed E-state index contributed by atoms with van der Waals surface area (Å²) in [6, 6.07) is 8.03. The summed E-state index contributed by atoms with van der Waals surface area (Å²) in [4.78, 5) is 16.5. The molecule has 0 aromatic heterocycles. The molecule has 1 N–H and O–H groups in total. The van der Waals surface area contributed by atoms with Crippen LogP contribution in [0.4, 0.5) is 0 Å². The molecule has 1 saturated heterocycles. The van der Waals surface area contributed by atoms with Crippen molar-refractivity contribution in [2.45, 2.75) is 20.4 Å². The Hall–Kier alpha value is -1.10. The average Bonchev–Trinajstić information content (AvgIpc) is 2.49. The lowest BCUT2D eigenvalue weighted by Gasteiger charge is -2.34. The summed E-state index contributed by atoms with van der Waals surface area (Å²) in [6.45, 7) is 10.3. The summed E-state index contributed by atoms with van der Waals surface area (Å²) in [6.07, 6.45) is 0.